The number of benzene rings is 1. The van der Waals surface area contributed by atoms with E-state index >= 15 is 0 Å². The van der Waals surface area contributed by atoms with Gasteiger partial charge in [0, 0.05) is 26.6 Å². The molecule has 150 valence electrons. The highest BCUT2D eigenvalue weighted by molar-refractivity contribution is 5.99. The molecule has 0 radical (unpaired) electrons. The van der Waals surface area contributed by atoms with Gasteiger partial charge in [-0.05, 0) is 18.1 Å². The molecule has 0 saturated heterocycles. The van der Waals surface area contributed by atoms with Gasteiger partial charge in [0.15, 0.2) is 11.8 Å². The summed E-state index contributed by atoms with van der Waals surface area (Å²) < 4.78 is 12.1. The largest absolute Gasteiger partial charge is 0.480 e. The molecule has 0 fully saturated rings. The van der Waals surface area contributed by atoms with Gasteiger partial charge in [-0.15, -0.1) is 0 Å². The molecular formula is C19H24N4O5. The summed E-state index contributed by atoms with van der Waals surface area (Å²) >= 11 is 0. The molecule has 0 saturated carbocycles. The number of nitrogens with one attached hydrogen (secondary N) is 1. The number of amides is 1. The van der Waals surface area contributed by atoms with Gasteiger partial charge in [0.05, 0.1) is 6.61 Å². The number of aromatic nitrogens is 2. The van der Waals surface area contributed by atoms with Crippen molar-refractivity contribution in [1.29, 1.82) is 0 Å². The number of hydrogen-bond donors (Lipinski definition) is 2. The lowest BCUT2D eigenvalue weighted by Crippen LogP contribution is -2.47. The van der Waals surface area contributed by atoms with E-state index in [4.69, 9.17) is 15.2 Å². The maximum Gasteiger partial charge on any atom is 0.330 e. The number of fused-ring (bicyclic) bond motifs is 1. The van der Waals surface area contributed by atoms with Crippen molar-refractivity contribution in [2.75, 3.05) is 30.9 Å². The number of ether oxygens (including phenoxy) is 2. The van der Waals surface area contributed by atoms with Crippen LogP contribution in [0.25, 0.3) is 0 Å². The summed E-state index contributed by atoms with van der Waals surface area (Å²) in [4.78, 5) is 41.4. The first-order valence-corrected chi connectivity index (χ1v) is 9.15. The third kappa shape index (κ3) is 3.65. The molecule has 28 heavy (non-hydrogen) atoms. The highest BCUT2D eigenvalue weighted by Crippen LogP contribution is 2.30. The van der Waals surface area contributed by atoms with Crippen molar-refractivity contribution in [1.82, 2.24) is 9.55 Å². The Kier molecular flexibility index (Phi) is 5.84. The molecule has 1 aliphatic heterocycles. The molecule has 9 nitrogen and oxygen atoms in total. The summed E-state index contributed by atoms with van der Waals surface area (Å²) in [6.07, 6.45) is 0.257. The summed E-state index contributed by atoms with van der Waals surface area (Å²) in [5.41, 5.74) is 5.68. The zero-order chi connectivity index (χ0) is 20.3. The zero-order valence-electron chi connectivity index (χ0n) is 15.9. The van der Waals surface area contributed by atoms with Gasteiger partial charge in [0.1, 0.15) is 11.6 Å². The van der Waals surface area contributed by atoms with Crippen LogP contribution in [-0.4, -0.2) is 41.8 Å². The van der Waals surface area contributed by atoms with Gasteiger partial charge in [-0.1, -0.05) is 25.1 Å². The summed E-state index contributed by atoms with van der Waals surface area (Å²) in [5.74, 6) is 0.188. The van der Waals surface area contributed by atoms with E-state index < -0.39 is 23.3 Å². The molecule has 1 aromatic heterocycles. The van der Waals surface area contributed by atoms with Crippen LogP contribution in [0.15, 0.2) is 33.9 Å². The second kappa shape index (κ2) is 8.30. The van der Waals surface area contributed by atoms with Crippen molar-refractivity contribution in [2.45, 2.75) is 32.4 Å². The summed E-state index contributed by atoms with van der Waals surface area (Å²) in [6, 6.07) is 7.40. The molecule has 1 amide bonds. The van der Waals surface area contributed by atoms with Crippen molar-refractivity contribution in [3.63, 3.8) is 0 Å². The first kappa shape index (κ1) is 19.7. The Balaban J connectivity index is 2.00. The third-order valence-electron chi connectivity index (χ3n) is 4.64. The maximum absolute atomic E-state index is 13.2. The van der Waals surface area contributed by atoms with Crippen LogP contribution in [0, 0.1) is 0 Å². The predicted octanol–water partition coefficient (Wildman–Crippen LogP) is 0.512. The van der Waals surface area contributed by atoms with Crippen LogP contribution in [0.2, 0.25) is 0 Å². The molecular weight excluding hydrogens is 364 g/mol. The van der Waals surface area contributed by atoms with Gasteiger partial charge in [-0.25, -0.2) is 4.79 Å². The lowest BCUT2D eigenvalue weighted by molar-refractivity contribution is -0.124. The smallest absolute Gasteiger partial charge is 0.330 e. The van der Waals surface area contributed by atoms with Crippen LogP contribution < -0.4 is 26.6 Å². The summed E-state index contributed by atoms with van der Waals surface area (Å²) in [6.45, 7) is 2.50. The second-order valence-corrected chi connectivity index (χ2v) is 6.55. The van der Waals surface area contributed by atoms with Crippen LogP contribution in [-0.2, 0) is 22.5 Å². The summed E-state index contributed by atoms with van der Waals surface area (Å²) in [7, 11) is 1.50. The average molecular weight is 388 g/mol. The number of carbonyl (C=O) groups is 1. The van der Waals surface area contributed by atoms with Crippen molar-refractivity contribution < 1.29 is 14.3 Å². The van der Waals surface area contributed by atoms with Gasteiger partial charge < -0.3 is 15.2 Å². The highest BCUT2D eigenvalue weighted by atomic mass is 16.5. The maximum atomic E-state index is 13.2. The molecule has 3 N–H and O–H groups in total. The third-order valence-corrected chi connectivity index (χ3v) is 4.64. The number of nitrogen functional groups attached to an aromatic ring is 1. The Hall–Kier alpha value is -3.07. The van der Waals surface area contributed by atoms with E-state index in [1.54, 1.807) is 6.07 Å². The number of aromatic amines is 1. The molecule has 2 aromatic rings. The Morgan fingerprint density at radius 1 is 1.39 bits per heavy atom. The number of H-pyrrole nitrogens is 1. The number of anilines is 2. The number of nitrogens with two attached hydrogens (primary N) is 1. The zero-order valence-corrected chi connectivity index (χ0v) is 15.9. The molecule has 0 bridgehead atoms. The molecule has 1 aliphatic rings. The van der Waals surface area contributed by atoms with Gasteiger partial charge >= 0.3 is 5.69 Å². The lowest BCUT2D eigenvalue weighted by atomic mass is 10.1. The van der Waals surface area contributed by atoms with Gasteiger partial charge in [0.25, 0.3) is 11.5 Å². The van der Waals surface area contributed by atoms with Crippen molar-refractivity contribution in [3.8, 4) is 5.75 Å². The van der Waals surface area contributed by atoms with Crippen LogP contribution in [0.5, 0.6) is 5.75 Å². The predicted molar refractivity (Wildman–Crippen MR) is 105 cm³/mol. The Morgan fingerprint density at radius 3 is 2.82 bits per heavy atom. The normalized spacial score (nSPS) is 15.1. The number of rotatable bonds is 7. The first-order valence-electron chi connectivity index (χ1n) is 9.15. The standard InChI is InChI=1S/C19H24N4O5/c1-3-8-23-16(20)15(17(24)21-19(23)26)22(9-10-27-2)18(25)14-11-12-6-4-5-7-13(12)28-14/h4-7,14H,3,8-11,20H2,1-2H3,(H,21,24,26)/t14-/m0/s1. The minimum atomic E-state index is -0.778. The van der Waals surface area contributed by atoms with Crippen LogP contribution in [0.4, 0.5) is 11.5 Å². The molecule has 1 atom stereocenters. The van der Waals surface area contributed by atoms with E-state index in [2.05, 4.69) is 4.98 Å². The van der Waals surface area contributed by atoms with Crippen molar-refractivity contribution in [2.24, 2.45) is 0 Å². The van der Waals surface area contributed by atoms with E-state index in [1.807, 2.05) is 25.1 Å². The Morgan fingerprint density at radius 2 is 2.14 bits per heavy atom. The highest BCUT2D eigenvalue weighted by Gasteiger charge is 2.35. The van der Waals surface area contributed by atoms with Crippen LogP contribution in [0.1, 0.15) is 18.9 Å². The number of nitrogens with zero attached hydrogens (tertiary/aromatic N) is 2. The lowest BCUT2D eigenvalue weighted by Gasteiger charge is -2.26. The van der Waals surface area contributed by atoms with Gasteiger partial charge in [-0.3, -0.25) is 24.0 Å². The van der Waals surface area contributed by atoms with Crippen molar-refractivity contribution >= 4 is 17.4 Å². The Labute approximate surface area is 161 Å². The van der Waals surface area contributed by atoms with E-state index in [1.165, 1.54) is 16.6 Å². The molecule has 9 heteroatoms. The van der Waals surface area contributed by atoms with Crippen LogP contribution >= 0.6 is 0 Å². The average Bonchev–Trinajstić information content (AvgIpc) is 3.11. The molecule has 2 heterocycles. The molecule has 0 spiro atoms. The van der Waals surface area contributed by atoms with E-state index in [-0.39, 0.29) is 24.7 Å². The fourth-order valence-electron chi connectivity index (χ4n) is 3.29. The minimum Gasteiger partial charge on any atom is -0.480 e. The van der Waals surface area contributed by atoms with Crippen molar-refractivity contribution in [3.05, 3.63) is 50.7 Å². The number of carbonyl (C=O) groups excluding carboxylic acids is 1. The van der Waals surface area contributed by atoms with Gasteiger partial charge in [0.2, 0.25) is 0 Å². The molecule has 3 rings (SSSR count). The topological polar surface area (TPSA) is 120 Å². The Bertz CT molecular complexity index is 956. The molecule has 1 aromatic carbocycles. The van der Waals surface area contributed by atoms with Crippen LogP contribution in [0.3, 0.4) is 0 Å². The molecule has 0 unspecified atom stereocenters. The fraction of sp³-hybridized carbons (Fsp3) is 0.421. The number of hydrogen-bond acceptors (Lipinski definition) is 6. The minimum absolute atomic E-state index is 0.0458. The quantitative estimate of drug-likeness (QED) is 0.713. The SMILES string of the molecule is CCCn1c(N)c(N(CCOC)C(=O)[C@@H]2Cc3ccccc3O2)c(=O)[nH]c1=O. The first-order chi connectivity index (χ1) is 13.5. The monoisotopic (exact) mass is 388 g/mol. The fourth-order valence-corrected chi connectivity index (χ4v) is 3.29. The summed E-state index contributed by atoms with van der Waals surface area (Å²) in [5, 5.41) is 0. The van der Waals surface area contributed by atoms with E-state index in [0.717, 1.165) is 5.56 Å². The second-order valence-electron chi connectivity index (χ2n) is 6.55. The number of methoxy groups -OCH3 is 1. The number of para-hydroxylation sites is 1. The molecule has 0 aliphatic carbocycles. The van der Waals surface area contributed by atoms with E-state index in [9.17, 15) is 14.4 Å². The van der Waals surface area contributed by atoms with E-state index in [0.29, 0.717) is 25.1 Å². The van der Waals surface area contributed by atoms with Gasteiger partial charge in [-0.2, -0.15) is 0 Å².